The van der Waals surface area contributed by atoms with Gasteiger partial charge in [-0.3, -0.25) is 0 Å². The van der Waals surface area contributed by atoms with Gasteiger partial charge in [-0.2, -0.15) is 4.31 Å². The van der Waals surface area contributed by atoms with Gasteiger partial charge in [-0.25, -0.2) is 18.2 Å². The minimum Gasteiger partial charge on any atom is -0.493 e. The number of benzene rings is 2. The Labute approximate surface area is 192 Å². The second kappa shape index (κ2) is 9.72. The van der Waals surface area contributed by atoms with Crippen LogP contribution in [0, 0.1) is 0 Å². The van der Waals surface area contributed by atoms with E-state index in [1.54, 1.807) is 38.1 Å². The van der Waals surface area contributed by atoms with E-state index in [9.17, 15) is 13.2 Å². The topological polar surface area (TPSA) is 94.5 Å². The Kier molecular flexibility index (Phi) is 7.22. The Morgan fingerprint density at radius 1 is 1.09 bits per heavy atom. The fourth-order valence-corrected chi connectivity index (χ4v) is 4.95. The van der Waals surface area contributed by atoms with Crippen LogP contribution < -0.4 is 9.47 Å². The van der Waals surface area contributed by atoms with Crippen LogP contribution in [0.15, 0.2) is 52.0 Å². The molecule has 2 aromatic rings. The number of halogens is 1. The smallest absolute Gasteiger partial charge is 0.363 e. The lowest BCUT2D eigenvalue weighted by Gasteiger charge is -2.18. The molecule has 0 aromatic heterocycles. The van der Waals surface area contributed by atoms with E-state index in [-0.39, 0.29) is 16.5 Å². The Bertz CT molecular complexity index is 1190. The van der Waals surface area contributed by atoms with E-state index >= 15 is 0 Å². The molecule has 0 saturated heterocycles. The second-order valence-corrected chi connectivity index (χ2v) is 9.03. The molecule has 3 rings (SSSR count). The van der Waals surface area contributed by atoms with Crippen molar-refractivity contribution < 1.29 is 27.4 Å². The first-order chi connectivity index (χ1) is 15.2. The summed E-state index contributed by atoms with van der Waals surface area (Å²) in [6.45, 7) is 4.31. The largest absolute Gasteiger partial charge is 0.493 e. The van der Waals surface area contributed by atoms with Crippen LogP contribution in [0.3, 0.4) is 0 Å². The van der Waals surface area contributed by atoms with Gasteiger partial charge in [0.2, 0.25) is 15.9 Å². The van der Waals surface area contributed by atoms with E-state index in [0.29, 0.717) is 40.7 Å². The van der Waals surface area contributed by atoms with Gasteiger partial charge in [-0.1, -0.05) is 25.4 Å². The highest BCUT2D eigenvalue weighted by atomic mass is 35.5. The van der Waals surface area contributed by atoms with Gasteiger partial charge in [0.15, 0.2) is 17.2 Å². The van der Waals surface area contributed by atoms with Crippen molar-refractivity contribution in [3.8, 4) is 11.5 Å². The maximum absolute atomic E-state index is 12.6. The van der Waals surface area contributed by atoms with Crippen LogP contribution in [-0.2, 0) is 19.6 Å². The lowest BCUT2D eigenvalue weighted by molar-refractivity contribution is -0.129. The number of carbonyl (C=O) groups is 1. The average molecular weight is 479 g/mol. The molecule has 0 N–H and O–H groups in total. The van der Waals surface area contributed by atoms with Crippen molar-refractivity contribution >= 4 is 39.6 Å². The highest BCUT2D eigenvalue weighted by molar-refractivity contribution is 7.89. The molecule has 1 heterocycles. The molecule has 1 aliphatic heterocycles. The summed E-state index contributed by atoms with van der Waals surface area (Å²) in [5.41, 5.74) is 1.12. The third-order valence-corrected chi connectivity index (χ3v) is 7.17. The first kappa shape index (κ1) is 23.8. The molecule has 10 heteroatoms. The van der Waals surface area contributed by atoms with Crippen LogP contribution in [0.4, 0.5) is 0 Å². The molecule has 1 aliphatic rings. The van der Waals surface area contributed by atoms with E-state index < -0.39 is 16.0 Å². The number of nitrogens with zero attached hydrogens (tertiary/aromatic N) is 2. The normalized spacial score (nSPS) is 15.1. The van der Waals surface area contributed by atoms with Crippen molar-refractivity contribution in [1.29, 1.82) is 0 Å². The van der Waals surface area contributed by atoms with Crippen molar-refractivity contribution in [1.82, 2.24) is 4.31 Å². The molecule has 0 amide bonds. The quantitative estimate of drug-likeness (QED) is 0.424. The Morgan fingerprint density at radius 3 is 2.31 bits per heavy atom. The molecule has 0 fully saturated rings. The minimum absolute atomic E-state index is 0.0723. The maximum Gasteiger partial charge on any atom is 0.363 e. The first-order valence-corrected chi connectivity index (χ1v) is 11.6. The van der Waals surface area contributed by atoms with Gasteiger partial charge >= 0.3 is 5.97 Å². The molecule has 2 aromatic carbocycles. The van der Waals surface area contributed by atoms with Crippen LogP contribution in [0.5, 0.6) is 11.5 Å². The van der Waals surface area contributed by atoms with Crippen LogP contribution in [0.25, 0.3) is 6.08 Å². The zero-order chi connectivity index (χ0) is 23.5. The van der Waals surface area contributed by atoms with E-state index in [4.69, 9.17) is 25.8 Å². The summed E-state index contributed by atoms with van der Waals surface area (Å²) in [5.74, 6) is 0.243. The zero-order valence-electron chi connectivity index (χ0n) is 18.1. The van der Waals surface area contributed by atoms with E-state index in [1.807, 2.05) is 0 Å². The third kappa shape index (κ3) is 4.64. The van der Waals surface area contributed by atoms with E-state index in [2.05, 4.69) is 4.99 Å². The number of cyclic esters (lactones) is 1. The van der Waals surface area contributed by atoms with Crippen LogP contribution in [-0.4, -0.2) is 51.9 Å². The Morgan fingerprint density at radius 2 is 1.75 bits per heavy atom. The Hall–Kier alpha value is -2.88. The molecule has 0 aliphatic carbocycles. The van der Waals surface area contributed by atoms with Gasteiger partial charge in [0.25, 0.3) is 0 Å². The lowest BCUT2D eigenvalue weighted by Crippen LogP contribution is -2.30. The summed E-state index contributed by atoms with van der Waals surface area (Å²) >= 11 is 6.22. The van der Waals surface area contributed by atoms with Crippen molar-refractivity contribution in [2.75, 3.05) is 27.3 Å². The molecule has 0 unspecified atom stereocenters. The van der Waals surface area contributed by atoms with E-state index in [1.165, 1.54) is 36.7 Å². The summed E-state index contributed by atoms with van der Waals surface area (Å²) < 4.78 is 42.4. The van der Waals surface area contributed by atoms with Crippen molar-refractivity contribution in [2.24, 2.45) is 4.99 Å². The van der Waals surface area contributed by atoms with Crippen LogP contribution >= 0.6 is 11.6 Å². The van der Waals surface area contributed by atoms with Crippen LogP contribution in [0.1, 0.15) is 25.0 Å². The fourth-order valence-electron chi connectivity index (χ4n) is 3.19. The van der Waals surface area contributed by atoms with Gasteiger partial charge in [0.05, 0.1) is 24.1 Å². The van der Waals surface area contributed by atoms with Crippen LogP contribution in [0.2, 0.25) is 5.02 Å². The van der Waals surface area contributed by atoms with Crippen molar-refractivity contribution in [3.63, 3.8) is 0 Å². The fraction of sp³-hybridized carbons (Fsp3) is 0.273. The summed E-state index contributed by atoms with van der Waals surface area (Å²) in [6, 6.07) is 9.32. The number of rotatable bonds is 8. The molecule has 0 radical (unpaired) electrons. The summed E-state index contributed by atoms with van der Waals surface area (Å²) in [7, 11) is -0.622. The highest BCUT2D eigenvalue weighted by Crippen LogP contribution is 2.37. The van der Waals surface area contributed by atoms with Crippen molar-refractivity contribution in [2.45, 2.75) is 18.7 Å². The number of esters is 1. The summed E-state index contributed by atoms with van der Waals surface area (Å²) in [6.07, 6.45) is 1.52. The molecule has 0 saturated carbocycles. The van der Waals surface area contributed by atoms with Gasteiger partial charge in [0.1, 0.15) is 0 Å². The molecule has 0 atom stereocenters. The van der Waals surface area contributed by atoms with E-state index in [0.717, 1.165) is 0 Å². The molecule has 0 spiro atoms. The third-order valence-electron chi connectivity index (χ3n) is 4.82. The number of carbonyl (C=O) groups excluding carboxylic acids is 1. The van der Waals surface area contributed by atoms with Gasteiger partial charge < -0.3 is 14.2 Å². The standard InChI is InChI=1S/C22H23ClN2O6S/c1-5-25(6-2)32(27,28)16-9-7-15(8-10-16)21-24-18(22(26)31-21)12-14-11-17(23)20(30-4)19(13-14)29-3/h7-13H,5-6H2,1-4H3/b18-12+. The predicted molar refractivity (Wildman–Crippen MR) is 122 cm³/mol. The van der Waals surface area contributed by atoms with Crippen molar-refractivity contribution in [3.05, 3.63) is 58.2 Å². The Balaban J connectivity index is 1.91. The molecule has 32 heavy (non-hydrogen) atoms. The molecule has 0 bridgehead atoms. The minimum atomic E-state index is -3.58. The van der Waals surface area contributed by atoms with Gasteiger partial charge in [-0.15, -0.1) is 0 Å². The van der Waals surface area contributed by atoms with Gasteiger partial charge in [0, 0.05) is 18.7 Å². The number of methoxy groups -OCH3 is 2. The maximum atomic E-state index is 12.6. The highest BCUT2D eigenvalue weighted by Gasteiger charge is 2.26. The number of ether oxygens (including phenoxy) is 3. The predicted octanol–water partition coefficient (Wildman–Crippen LogP) is 3.73. The summed E-state index contributed by atoms with van der Waals surface area (Å²) in [5, 5.41) is 0.319. The number of sulfonamides is 1. The monoisotopic (exact) mass is 478 g/mol. The molecule has 8 nitrogen and oxygen atoms in total. The van der Waals surface area contributed by atoms with Gasteiger partial charge in [-0.05, 0) is 48.0 Å². The summed E-state index contributed by atoms with van der Waals surface area (Å²) in [4.78, 5) is 16.7. The number of aliphatic imine (C=N–C) groups is 1. The molecular formula is C22H23ClN2O6S. The number of hydrogen-bond donors (Lipinski definition) is 0. The molecule has 170 valence electrons. The SMILES string of the molecule is CCN(CC)S(=O)(=O)c1ccc(C2=N/C(=C/c3cc(Cl)c(OC)c(OC)c3)C(=O)O2)cc1. The second-order valence-electron chi connectivity index (χ2n) is 6.69. The number of hydrogen-bond acceptors (Lipinski definition) is 7. The average Bonchev–Trinajstić information content (AvgIpc) is 3.14. The molecular weight excluding hydrogens is 456 g/mol. The first-order valence-electron chi connectivity index (χ1n) is 9.79. The zero-order valence-corrected chi connectivity index (χ0v) is 19.7. The lowest BCUT2D eigenvalue weighted by atomic mass is 10.1.